The summed E-state index contributed by atoms with van der Waals surface area (Å²) in [5.74, 6) is -0.974. The van der Waals surface area contributed by atoms with Crippen LogP contribution in [0.1, 0.15) is 56.1 Å². The fourth-order valence-corrected chi connectivity index (χ4v) is 7.54. The van der Waals surface area contributed by atoms with Crippen molar-refractivity contribution in [1.29, 1.82) is 0 Å². The first-order chi connectivity index (χ1) is 20.1. The molecule has 204 valence electrons. The fraction of sp³-hybridized carbons (Fsp3) is 0.206. The smallest absolute Gasteiger partial charge is 0.238 e. The van der Waals surface area contributed by atoms with Gasteiger partial charge in [0, 0.05) is 17.5 Å². The topological polar surface area (TPSA) is 75.7 Å². The quantitative estimate of drug-likeness (QED) is 0.261. The Labute approximate surface area is 242 Å². The number of hydrogen-bond acceptors (Lipinski definition) is 6. The Morgan fingerprint density at radius 2 is 1.73 bits per heavy atom. The molecule has 1 saturated heterocycles. The number of rotatable bonds is 7. The molecule has 6 nitrogen and oxygen atoms in total. The van der Waals surface area contributed by atoms with Crippen LogP contribution in [0.3, 0.4) is 0 Å². The SMILES string of the molecule is CCCOc1ccc(C(=O)[C@@H]2[C@@H](C(=O)c3cccs3)N3C=Cc4ccccc4[C@@H]3[C@]23C(=O)Nc2ccccc23)cc1. The van der Waals surface area contributed by atoms with Crippen molar-refractivity contribution in [3.8, 4) is 5.75 Å². The molecule has 0 aliphatic carbocycles. The maximum atomic E-state index is 14.8. The molecule has 1 aromatic heterocycles. The molecule has 1 spiro atoms. The first-order valence-electron chi connectivity index (χ1n) is 13.9. The minimum absolute atomic E-state index is 0.163. The van der Waals surface area contributed by atoms with E-state index in [4.69, 9.17) is 4.74 Å². The van der Waals surface area contributed by atoms with Crippen molar-refractivity contribution in [2.24, 2.45) is 5.92 Å². The molecule has 3 aromatic carbocycles. The average Bonchev–Trinajstić information content (AvgIpc) is 3.72. The number of anilines is 1. The molecule has 0 unspecified atom stereocenters. The van der Waals surface area contributed by atoms with E-state index in [0.29, 0.717) is 28.5 Å². The zero-order chi connectivity index (χ0) is 28.1. The molecule has 4 aromatic rings. The highest BCUT2D eigenvalue weighted by Gasteiger charge is 2.70. The molecule has 0 bridgehead atoms. The zero-order valence-corrected chi connectivity index (χ0v) is 23.3. The van der Waals surface area contributed by atoms with E-state index in [-0.39, 0.29) is 17.5 Å². The van der Waals surface area contributed by atoms with Gasteiger partial charge in [-0.05, 0) is 71.0 Å². The molecular formula is C34H28N2O4S. The maximum Gasteiger partial charge on any atom is 0.238 e. The Bertz CT molecular complexity index is 1690. The highest BCUT2D eigenvalue weighted by Crippen LogP contribution is 2.62. The van der Waals surface area contributed by atoms with Gasteiger partial charge in [-0.3, -0.25) is 14.4 Å². The van der Waals surface area contributed by atoms with Crippen LogP contribution in [-0.4, -0.2) is 35.0 Å². The Kier molecular flexibility index (Phi) is 6.12. The van der Waals surface area contributed by atoms with Gasteiger partial charge >= 0.3 is 0 Å². The molecule has 7 rings (SSSR count). The van der Waals surface area contributed by atoms with Gasteiger partial charge in [0.1, 0.15) is 17.2 Å². The number of Topliss-reactive ketones (excluding diaryl/α,β-unsaturated/α-hetero) is 2. The van der Waals surface area contributed by atoms with Crippen molar-refractivity contribution in [3.63, 3.8) is 0 Å². The summed E-state index contributed by atoms with van der Waals surface area (Å²) in [4.78, 5) is 46.2. The lowest BCUT2D eigenvalue weighted by Crippen LogP contribution is -2.49. The number of amides is 1. The molecule has 1 N–H and O–H groups in total. The van der Waals surface area contributed by atoms with Crippen molar-refractivity contribution in [1.82, 2.24) is 4.90 Å². The molecule has 3 aliphatic rings. The summed E-state index contributed by atoms with van der Waals surface area (Å²) >= 11 is 1.35. The lowest BCUT2D eigenvalue weighted by Gasteiger charge is -2.38. The predicted octanol–water partition coefficient (Wildman–Crippen LogP) is 6.52. The Hall–Kier alpha value is -4.49. The molecule has 1 amide bonds. The van der Waals surface area contributed by atoms with E-state index in [1.54, 1.807) is 30.3 Å². The first kappa shape index (κ1) is 25.5. The van der Waals surface area contributed by atoms with Crippen molar-refractivity contribution < 1.29 is 19.1 Å². The molecule has 41 heavy (non-hydrogen) atoms. The molecule has 3 aliphatic heterocycles. The summed E-state index contributed by atoms with van der Waals surface area (Å²) in [6.07, 6.45) is 4.74. The molecule has 7 heteroatoms. The number of carbonyl (C=O) groups excluding carboxylic acids is 3. The van der Waals surface area contributed by atoms with Gasteiger partial charge in [0.15, 0.2) is 11.6 Å². The Balaban J connectivity index is 1.47. The van der Waals surface area contributed by atoms with Crippen LogP contribution in [-0.2, 0) is 10.2 Å². The lowest BCUT2D eigenvalue weighted by atomic mass is 9.63. The number of carbonyl (C=O) groups is 3. The van der Waals surface area contributed by atoms with Crippen LogP contribution in [0.5, 0.6) is 5.75 Å². The van der Waals surface area contributed by atoms with Gasteiger partial charge in [-0.2, -0.15) is 0 Å². The van der Waals surface area contributed by atoms with Gasteiger partial charge < -0.3 is 15.0 Å². The predicted molar refractivity (Wildman–Crippen MR) is 159 cm³/mol. The highest BCUT2D eigenvalue weighted by molar-refractivity contribution is 7.12. The van der Waals surface area contributed by atoms with Crippen LogP contribution < -0.4 is 10.1 Å². The van der Waals surface area contributed by atoms with Crippen molar-refractivity contribution in [3.05, 3.63) is 124 Å². The number of para-hydroxylation sites is 1. The van der Waals surface area contributed by atoms with Gasteiger partial charge in [0.2, 0.25) is 5.91 Å². The van der Waals surface area contributed by atoms with Gasteiger partial charge in [-0.1, -0.05) is 55.5 Å². The van der Waals surface area contributed by atoms with Crippen molar-refractivity contribution >= 4 is 40.6 Å². The number of benzene rings is 3. The van der Waals surface area contributed by atoms with Crippen LogP contribution >= 0.6 is 11.3 Å². The van der Waals surface area contributed by atoms with Gasteiger partial charge in [-0.15, -0.1) is 11.3 Å². The van der Waals surface area contributed by atoms with Crippen LogP contribution in [0.2, 0.25) is 0 Å². The summed E-state index contributed by atoms with van der Waals surface area (Å²) < 4.78 is 5.75. The third-order valence-corrected chi connectivity index (χ3v) is 9.38. The summed E-state index contributed by atoms with van der Waals surface area (Å²) in [5.41, 5.74) is 2.42. The van der Waals surface area contributed by atoms with Crippen LogP contribution in [0.25, 0.3) is 6.08 Å². The molecule has 0 radical (unpaired) electrons. The van der Waals surface area contributed by atoms with E-state index in [1.807, 2.05) is 84.1 Å². The maximum absolute atomic E-state index is 14.8. The van der Waals surface area contributed by atoms with Gasteiger partial charge in [0.25, 0.3) is 0 Å². The van der Waals surface area contributed by atoms with Crippen LogP contribution in [0, 0.1) is 5.92 Å². The Morgan fingerprint density at radius 3 is 2.51 bits per heavy atom. The van der Waals surface area contributed by atoms with E-state index < -0.39 is 23.4 Å². The molecule has 4 heterocycles. The molecule has 1 fully saturated rings. The first-order valence-corrected chi connectivity index (χ1v) is 14.7. The largest absolute Gasteiger partial charge is 0.494 e. The van der Waals surface area contributed by atoms with Crippen molar-refractivity contribution in [2.75, 3.05) is 11.9 Å². The second-order valence-electron chi connectivity index (χ2n) is 10.7. The van der Waals surface area contributed by atoms with E-state index in [2.05, 4.69) is 5.32 Å². The van der Waals surface area contributed by atoms with Crippen LogP contribution in [0.4, 0.5) is 5.69 Å². The van der Waals surface area contributed by atoms with E-state index in [9.17, 15) is 14.4 Å². The summed E-state index contributed by atoms with van der Waals surface area (Å²) in [7, 11) is 0. The summed E-state index contributed by atoms with van der Waals surface area (Å²) in [6, 6.07) is 24.7. The monoisotopic (exact) mass is 560 g/mol. The fourth-order valence-electron chi connectivity index (χ4n) is 6.85. The number of thiophene rings is 1. The number of ether oxygens (including phenoxy) is 1. The molecule has 0 saturated carbocycles. The van der Waals surface area contributed by atoms with Gasteiger partial charge in [0.05, 0.1) is 23.4 Å². The minimum atomic E-state index is -1.33. The van der Waals surface area contributed by atoms with Gasteiger partial charge in [-0.25, -0.2) is 0 Å². The number of fused-ring (bicyclic) bond motifs is 6. The third-order valence-electron chi connectivity index (χ3n) is 8.50. The second kappa shape index (κ2) is 9.85. The van der Waals surface area contributed by atoms with Crippen molar-refractivity contribution in [2.45, 2.75) is 30.8 Å². The number of ketones is 2. The number of hydrogen-bond donors (Lipinski definition) is 1. The Morgan fingerprint density at radius 1 is 0.951 bits per heavy atom. The lowest BCUT2D eigenvalue weighted by molar-refractivity contribution is -0.122. The number of nitrogens with zero attached hydrogens (tertiary/aromatic N) is 1. The standard InChI is InChI=1S/C34H28N2O4S/c1-2-19-40-23-15-13-22(14-16-23)30(37)28-29(31(38)27-12-7-20-41-27)36-18-17-21-8-3-4-9-24(21)32(36)34(28)25-10-5-6-11-26(25)35-33(34)39/h3-18,20,28-29,32H,2,19H2,1H3,(H,35,39)/t28-,29-,32+,34+/m0/s1. The average molecular weight is 561 g/mol. The molecule has 4 atom stereocenters. The van der Waals surface area contributed by atoms with E-state index >= 15 is 0 Å². The molecular weight excluding hydrogens is 532 g/mol. The summed E-state index contributed by atoms with van der Waals surface area (Å²) in [6.45, 7) is 2.61. The number of nitrogens with one attached hydrogen (secondary N) is 1. The highest BCUT2D eigenvalue weighted by atomic mass is 32.1. The van der Waals surface area contributed by atoms with E-state index in [1.165, 1.54) is 11.3 Å². The second-order valence-corrected chi connectivity index (χ2v) is 11.6. The van der Waals surface area contributed by atoms with Crippen LogP contribution in [0.15, 0.2) is 96.5 Å². The normalized spacial score (nSPS) is 23.6. The minimum Gasteiger partial charge on any atom is -0.494 e. The third kappa shape index (κ3) is 3.72. The summed E-state index contributed by atoms with van der Waals surface area (Å²) in [5, 5.41) is 4.95. The zero-order valence-electron chi connectivity index (χ0n) is 22.4. The van der Waals surface area contributed by atoms with E-state index in [0.717, 1.165) is 23.1 Å².